The molecule has 3 heteroatoms. The Morgan fingerprint density at radius 3 is 2.89 bits per heavy atom. The fraction of sp³-hybridized carbons (Fsp3) is 0.133. The van der Waals surface area contributed by atoms with Gasteiger partial charge in [-0.2, -0.15) is 11.3 Å². The van der Waals surface area contributed by atoms with Gasteiger partial charge >= 0.3 is 0 Å². The van der Waals surface area contributed by atoms with Crippen LogP contribution in [-0.2, 0) is 11.3 Å². The lowest BCUT2D eigenvalue weighted by Gasteiger charge is -2.08. The summed E-state index contributed by atoms with van der Waals surface area (Å²) >= 11 is 1.68. The molecule has 1 heterocycles. The van der Waals surface area contributed by atoms with Crippen LogP contribution < -0.4 is 5.32 Å². The van der Waals surface area contributed by atoms with E-state index in [-0.39, 0.29) is 5.91 Å². The van der Waals surface area contributed by atoms with Crippen molar-refractivity contribution < 1.29 is 4.79 Å². The molecule has 0 atom stereocenters. The van der Waals surface area contributed by atoms with Crippen LogP contribution in [0.1, 0.15) is 12.5 Å². The van der Waals surface area contributed by atoms with Gasteiger partial charge in [0.15, 0.2) is 0 Å². The first-order chi connectivity index (χ1) is 8.81. The van der Waals surface area contributed by atoms with E-state index in [0.29, 0.717) is 6.54 Å². The van der Waals surface area contributed by atoms with Gasteiger partial charge in [0.05, 0.1) is 0 Å². The molecular weight excluding hydrogens is 242 g/mol. The Morgan fingerprint density at radius 1 is 1.33 bits per heavy atom. The zero-order valence-electron chi connectivity index (χ0n) is 10.2. The molecule has 0 aliphatic carbocycles. The minimum absolute atomic E-state index is 0.0578. The van der Waals surface area contributed by atoms with Crippen molar-refractivity contribution in [2.75, 3.05) is 0 Å². The van der Waals surface area contributed by atoms with E-state index in [1.54, 1.807) is 17.4 Å². The van der Waals surface area contributed by atoms with Crippen LogP contribution in [0, 0.1) is 0 Å². The Bertz CT molecular complexity index is 543. The summed E-state index contributed by atoms with van der Waals surface area (Å²) in [5, 5.41) is 7.06. The van der Waals surface area contributed by atoms with E-state index in [4.69, 9.17) is 0 Å². The Labute approximate surface area is 111 Å². The molecule has 0 bridgehead atoms. The highest BCUT2D eigenvalue weighted by atomic mass is 32.1. The van der Waals surface area contributed by atoms with Crippen molar-refractivity contribution in [1.82, 2.24) is 5.32 Å². The minimum atomic E-state index is -0.0578. The summed E-state index contributed by atoms with van der Waals surface area (Å²) in [5.74, 6) is -0.0578. The largest absolute Gasteiger partial charge is 0.348 e. The van der Waals surface area contributed by atoms with Gasteiger partial charge in [-0.1, -0.05) is 30.3 Å². The van der Waals surface area contributed by atoms with Crippen LogP contribution in [0.3, 0.4) is 0 Å². The van der Waals surface area contributed by atoms with Gasteiger partial charge in [-0.05, 0) is 46.5 Å². The molecule has 1 aromatic heterocycles. The predicted molar refractivity (Wildman–Crippen MR) is 76.4 cm³/mol. The van der Waals surface area contributed by atoms with E-state index >= 15 is 0 Å². The summed E-state index contributed by atoms with van der Waals surface area (Å²) < 4.78 is 0. The molecule has 0 radical (unpaired) electrons. The van der Waals surface area contributed by atoms with E-state index in [1.807, 2.05) is 25.1 Å². The molecule has 0 unspecified atom stereocenters. The quantitative estimate of drug-likeness (QED) is 0.833. The first-order valence-corrected chi connectivity index (χ1v) is 6.76. The highest BCUT2D eigenvalue weighted by Crippen LogP contribution is 2.25. The number of rotatable bonds is 4. The first kappa shape index (κ1) is 12.6. The summed E-state index contributed by atoms with van der Waals surface area (Å²) in [6, 6.07) is 10.2. The average Bonchev–Trinajstić information content (AvgIpc) is 2.91. The lowest BCUT2D eigenvalue weighted by molar-refractivity contribution is -0.116. The van der Waals surface area contributed by atoms with Crippen molar-refractivity contribution in [3.05, 3.63) is 58.8 Å². The highest BCUT2D eigenvalue weighted by Gasteiger charge is 2.05. The molecule has 1 aromatic carbocycles. The normalized spacial score (nSPS) is 10.7. The number of hydrogen-bond acceptors (Lipinski definition) is 2. The molecule has 0 spiro atoms. The van der Waals surface area contributed by atoms with Crippen molar-refractivity contribution in [1.29, 1.82) is 0 Å². The van der Waals surface area contributed by atoms with Gasteiger partial charge in [-0.15, -0.1) is 0 Å². The number of carbonyl (C=O) groups is 1. The zero-order chi connectivity index (χ0) is 12.8. The lowest BCUT2D eigenvalue weighted by Crippen LogP contribution is -2.20. The first-order valence-electron chi connectivity index (χ1n) is 5.82. The second kappa shape index (κ2) is 6.17. The summed E-state index contributed by atoms with van der Waals surface area (Å²) in [6.07, 6.45) is 3.27. The van der Waals surface area contributed by atoms with Crippen molar-refractivity contribution in [2.24, 2.45) is 0 Å². The Kier molecular flexibility index (Phi) is 4.31. The summed E-state index contributed by atoms with van der Waals surface area (Å²) in [5.41, 5.74) is 3.52. The van der Waals surface area contributed by atoms with Crippen molar-refractivity contribution in [3.8, 4) is 11.1 Å². The van der Waals surface area contributed by atoms with Gasteiger partial charge in [0.25, 0.3) is 0 Å². The average molecular weight is 257 g/mol. The molecule has 92 valence electrons. The molecule has 0 fully saturated rings. The van der Waals surface area contributed by atoms with E-state index in [2.05, 4.69) is 28.2 Å². The third kappa shape index (κ3) is 3.08. The summed E-state index contributed by atoms with van der Waals surface area (Å²) in [4.78, 5) is 11.4. The Hall–Kier alpha value is -1.87. The lowest BCUT2D eigenvalue weighted by atomic mass is 10.0. The molecular formula is C15H15NOS. The number of hydrogen-bond donors (Lipinski definition) is 1. The van der Waals surface area contributed by atoms with Crippen molar-refractivity contribution in [3.63, 3.8) is 0 Å². The maximum atomic E-state index is 11.4. The van der Waals surface area contributed by atoms with Crippen LogP contribution >= 0.6 is 11.3 Å². The van der Waals surface area contributed by atoms with Crippen LogP contribution in [0.25, 0.3) is 11.1 Å². The van der Waals surface area contributed by atoms with E-state index in [1.165, 1.54) is 17.2 Å². The minimum Gasteiger partial charge on any atom is -0.348 e. The van der Waals surface area contributed by atoms with Gasteiger partial charge in [0.2, 0.25) is 5.91 Å². The van der Waals surface area contributed by atoms with Crippen LogP contribution in [-0.4, -0.2) is 5.91 Å². The summed E-state index contributed by atoms with van der Waals surface area (Å²) in [7, 11) is 0. The topological polar surface area (TPSA) is 29.1 Å². The number of allylic oxidation sites excluding steroid dienone is 1. The molecule has 0 aliphatic heterocycles. The zero-order valence-corrected chi connectivity index (χ0v) is 11.0. The molecule has 1 amide bonds. The fourth-order valence-corrected chi connectivity index (χ4v) is 2.42. The molecule has 18 heavy (non-hydrogen) atoms. The van der Waals surface area contributed by atoms with Crippen molar-refractivity contribution >= 4 is 17.2 Å². The van der Waals surface area contributed by atoms with Gasteiger partial charge in [-0.3, -0.25) is 4.79 Å². The molecule has 0 saturated carbocycles. The maximum Gasteiger partial charge on any atom is 0.243 e. The standard InChI is InChI=1S/C15H15NOS/c1-2-5-15(17)16-10-12-6-3-4-7-14(12)13-8-9-18-11-13/h2-9,11H,10H2,1H3,(H,16,17)/b5-2+. The molecule has 2 rings (SSSR count). The molecule has 0 saturated heterocycles. The number of benzene rings is 1. The molecule has 0 aliphatic rings. The van der Waals surface area contributed by atoms with Crippen molar-refractivity contribution in [2.45, 2.75) is 13.5 Å². The smallest absolute Gasteiger partial charge is 0.243 e. The third-order valence-corrected chi connectivity index (χ3v) is 3.30. The Morgan fingerprint density at radius 2 is 2.17 bits per heavy atom. The van der Waals surface area contributed by atoms with E-state index < -0.39 is 0 Å². The van der Waals surface area contributed by atoms with E-state index in [0.717, 1.165) is 5.56 Å². The monoisotopic (exact) mass is 257 g/mol. The number of carbonyl (C=O) groups excluding carboxylic acids is 1. The van der Waals surface area contributed by atoms with E-state index in [9.17, 15) is 4.79 Å². The molecule has 2 aromatic rings. The summed E-state index contributed by atoms with van der Waals surface area (Å²) in [6.45, 7) is 2.38. The van der Waals surface area contributed by atoms with Gasteiger partial charge in [0.1, 0.15) is 0 Å². The third-order valence-electron chi connectivity index (χ3n) is 2.62. The maximum absolute atomic E-state index is 11.4. The molecule has 1 N–H and O–H groups in total. The van der Waals surface area contributed by atoms with Crippen LogP contribution in [0.5, 0.6) is 0 Å². The molecule has 2 nitrogen and oxygen atoms in total. The Balaban J connectivity index is 2.16. The fourth-order valence-electron chi connectivity index (χ4n) is 1.77. The second-order valence-corrected chi connectivity index (χ2v) is 4.67. The van der Waals surface area contributed by atoms with Gasteiger partial charge < -0.3 is 5.32 Å². The van der Waals surface area contributed by atoms with Crippen LogP contribution in [0.15, 0.2) is 53.2 Å². The van der Waals surface area contributed by atoms with Gasteiger partial charge in [-0.25, -0.2) is 0 Å². The number of thiophene rings is 1. The van der Waals surface area contributed by atoms with Crippen LogP contribution in [0.4, 0.5) is 0 Å². The van der Waals surface area contributed by atoms with Crippen LogP contribution in [0.2, 0.25) is 0 Å². The number of nitrogens with one attached hydrogen (secondary N) is 1. The predicted octanol–water partition coefficient (Wildman–Crippen LogP) is 3.61. The van der Waals surface area contributed by atoms with Gasteiger partial charge in [0, 0.05) is 6.54 Å². The number of amides is 1. The second-order valence-electron chi connectivity index (χ2n) is 3.89. The highest BCUT2D eigenvalue weighted by molar-refractivity contribution is 7.08. The SMILES string of the molecule is C/C=C/C(=O)NCc1ccccc1-c1ccsc1.